The Morgan fingerprint density at radius 3 is 2.67 bits per heavy atom. The van der Waals surface area contributed by atoms with Crippen LogP contribution in [-0.4, -0.2) is 64.6 Å². The Kier molecular flexibility index (Phi) is 4.98. The lowest BCUT2D eigenvalue weighted by Gasteiger charge is -2.43. The summed E-state index contributed by atoms with van der Waals surface area (Å²) in [5.41, 5.74) is 0. The molecule has 2 fully saturated rings. The van der Waals surface area contributed by atoms with Crippen molar-refractivity contribution in [3.05, 3.63) is 12.3 Å². The van der Waals surface area contributed by atoms with Crippen molar-refractivity contribution in [2.45, 2.75) is 43.0 Å². The molecule has 1 aromatic heterocycles. The largest absolute Gasteiger partial charge is 0.391 e. The first-order valence-corrected chi connectivity index (χ1v) is 9.04. The summed E-state index contributed by atoms with van der Waals surface area (Å²) < 4.78 is 0. The third-order valence-corrected chi connectivity index (χ3v) is 5.16. The SMILES string of the molecule is CSc1nccc(N2CCN([C@H]3CCCC[C@@H]3O)CC2)n1. The molecule has 1 aliphatic carbocycles. The van der Waals surface area contributed by atoms with Gasteiger partial charge in [0.05, 0.1) is 6.10 Å². The normalized spacial score (nSPS) is 27.8. The van der Waals surface area contributed by atoms with Crippen LogP contribution in [0.5, 0.6) is 0 Å². The van der Waals surface area contributed by atoms with Gasteiger partial charge in [0.1, 0.15) is 5.82 Å². The monoisotopic (exact) mass is 308 g/mol. The zero-order valence-electron chi connectivity index (χ0n) is 12.6. The summed E-state index contributed by atoms with van der Waals surface area (Å²) in [7, 11) is 0. The summed E-state index contributed by atoms with van der Waals surface area (Å²) in [4.78, 5) is 13.6. The maximum atomic E-state index is 10.2. The molecule has 1 N–H and O–H groups in total. The Bertz CT molecular complexity index is 465. The number of hydrogen-bond donors (Lipinski definition) is 1. The summed E-state index contributed by atoms with van der Waals surface area (Å²) in [6, 6.07) is 2.36. The van der Waals surface area contributed by atoms with Crippen LogP contribution in [0.1, 0.15) is 25.7 Å². The second kappa shape index (κ2) is 6.94. The second-order valence-electron chi connectivity index (χ2n) is 5.84. The van der Waals surface area contributed by atoms with E-state index in [0.29, 0.717) is 6.04 Å². The molecule has 0 spiro atoms. The first kappa shape index (κ1) is 15.1. The van der Waals surface area contributed by atoms with Gasteiger partial charge < -0.3 is 10.0 Å². The van der Waals surface area contributed by atoms with Crippen molar-refractivity contribution in [3.8, 4) is 0 Å². The Balaban J connectivity index is 1.59. The van der Waals surface area contributed by atoms with Crippen LogP contribution < -0.4 is 4.90 Å². The fraction of sp³-hybridized carbons (Fsp3) is 0.733. The summed E-state index contributed by atoms with van der Waals surface area (Å²) >= 11 is 1.58. The van der Waals surface area contributed by atoms with Crippen LogP contribution in [-0.2, 0) is 0 Å². The second-order valence-corrected chi connectivity index (χ2v) is 6.62. The van der Waals surface area contributed by atoms with Crippen molar-refractivity contribution >= 4 is 17.6 Å². The van der Waals surface area contributed by atoms with Crippen molar-refractivity contribution in [2.75, 3.05) is 37.3 Å². The molecule has 1 aromatic rings. The van der Waals surface area contributed by atoms with Gasteiger partial charge in [0.25, 0.3) is 0 Å². The highest BCUT2D eigenvalue weighted by atomic mass is 32.2. The van der Waals surface area contributed by atoms with Crippen LogP contribution in [0.4, 0.5) is 5.82 Å². The van der Waals surface area contributed by atoms with E-state index in [1.807, 2.05) is 18.5 Å². The number of aliphatic hydroxyl groups is 1. The molecule has 5 nitrogen and oxygen atoms in total. The van der Waals surface area contributed by atoms with E-state index in [-0.39, 0.29) is 6.10 Å². The molecule has 116 valence electrons. The highest BCUT2D eigenvalue weighted by molar-refractivity contribution is 7.98. The van der Waals surface area contributed by atoms with Gasteiger partial charge >= 0.3 is 0 Å². The Morgan fingerprint density at radius 1 is 1.19 bits per heavy atom. The number of hydrogen-bond acceptors (Lipinski definition) is 6. The summed E-state index contributed by atoms with van der Waals surface area (Å²) in [6.45, 7) is 3.99. The van der Waals surface area contributed by atoms with E-state index in [0.717, 1.165) is 50.0 Å². The van der Waals surface area contributed by atoms with E-state index in [4.69, 9.17) is 0 Å². The number of thioether (sulfide) groups is 1. The number of anilines is 1. The fourth-order valence-electron chi connectivity index (χ4n) is 3.41. The first-order chi connectivity index (χ1) is 10.3. The van der Waals surface area contributed by atoms with Gasteiger partial charge in [-0.3, -0.25) is 4.90 Å². The molecule has 0 bridgehead atoms. The minimum absolute atomic E-state index is 0.132. The standard InChI is InChI=1S/C15H24N4OS/c1-21-15-16-7-6-14(17-15)19-10-8-18(9-11-19)12-4-2-3-5-13(12)20/h6-7,12-13,20H,2-5,8-11H2,1H3/t12-,13-/m0/s1. The Labute approximate surface area is 130 Å². The quantitative estimate of drug-likeness (QED) is 0.676. The maximum absolute atomic E-state index is 10.2. The maximum Gasteiger partial charge on any atom is 0.189 e. The average Bonchev–Trinajstić information content (AvgIpc) is 2.56. The molecule has 2 atom stereocenters. The zero-order valence-corrected chi connectivity index (χ0v) is 13.4. The van der Waals surface area contributed by atoms with Crippen LogP contribution in [0, 0.1) is 0 Å². The lowest BCUT2D eigenvalue weighted by atomic mass is 9.91. The summed E-state index contributed by atoms with van der Waals surface area (Å²) in [5, 5.41) is 11.0. The van der Waals surface area contributed by atoms with Crippen LogP contribution in [0.2, 0.25) is 0 Å². The van der Waals surface area contributed by atoms with E-state index in [1.54, 1.807) is 11.8 Å². The molecule has 2 heterocycles. The van der Waals surface area contributed by atoms with E-state index in [9.17, 15) is 5.11 Å². The van der Waals surface area contributed by atoms with E-state index < -0.39 is 0 Å². The van der Waals surface area contributed by atoms with Crippen LogP contribution in [0.25, 0.3) is 0 Å². The predicted molar refractivity (Wildman–Crippen MR) is 85.9 cm³/mol. The molecular formula is C15H24N4OS. The fourth-order valence-corrected chi connectivity index (χ4v) is 3.76. The third-order valence-electron chi connectivity index (χ3n) is 4.60. The van der Waals surface area contributed by atoms with Gasteiger partial charge in [-0.05, 0) is 25.2 Å². The summed E-state index contributed by atoms with van der Waals surface area (Å²) in [5.74, 6) is 1.03. The highest BCUT2D eigenvalue weighted by Gasteiger charge is 2.31. The average molecular weight is 308 g/mol. The van der Waals surface area contributed by atoms with Crippen molar-refractivity contribution in [2.24, 2.45) is 0 Å². The zero-order chi connectivity index (χ0) is 14.7. The Hall–Kier alpha value is -0.850. The predicted octanol–water partition coefficient (Wildman–Crippen LogP) is 1.62. The van der Waals surface area contributed by atoms with Crippen LogP contribution in [0.3, 0.4) is 0 Å². The highest BCUT2D eigenvalue weighted by Crippen LogP contribution is 2.25. The minimum atomic E-state index is -0.132. The Morgan fingerprint density at radius 2 is 1.95 bits per heavy atom. The molecular weight excluding hydrogens is 284 g/mol. The van der Waals surface area contributed by atoms with Crippen molar-refractivity contribution < 1.29 is 5.11 Å². The van der Waals surface area contributed by atoms with Gasteiger partial charge in [-0.15, -0.1) is 0 Å². The third kappa shape index (κ3) is 3.49. The molecule has 1 saturated carbocycles. The molecule has 1 aliphatic heterocycles. The van der Waals surface area contributed by atoms with Crippen LogP contribution >= 0.6 is 11.8 Å². The van der Waals surface area contributed by atoms with Crippen molar-refractivity contribution in [3.63, 3.8) is 0 Å². The van der Waals surface area contributed by atoms with Gasteiger partial charge in [-0.1, -0.05) is 24.6 Å². The molecule has 21 heavy (non-hydrogen) atoms. The number of piperazine rings is 1. The molecule has 0 radical (unpaired) electrons. The first-order valence-electron chi connectivity index (χ1n) is 7.82. The lowest BCUT2D eigenvalue weighted by molar-refractivity contribution is 0.0172. The van der Waals surface area contributed by atoms with Crippen LogP contribution in [0.15, 0.2) is 17.4 Å². The van der Waals surface area contributed by atoms with E-state index in [1.165, 1.54) is 12.8 Å². The molecule has 3 rings (SSSR count). The molecule has 2 aliphatic rings. The van der Waals surface area contributed by atoms with Gasteiger partial charge in [0.2, 0.25) is 0 Å². The van der Waals surface area contributed by atoms with Crippen molar-refractivity contribution in [1.82, 2.24) is 14.9 Å². The molecule has 1 saturated heterocycles. The van der Waals surface area contributed by atoms with Gasteiger partial charge in [-0.2, -0.15) is 0 Å². The molecule has 0 aromatic carbocycles. The smallest absolute Gasteiger partial charge is 0.189 e. The number of nitrogens with zero attached hydrogens (tertiary/aromatic N) is 4. The van der Waals surface area contributed by atoms with E-state index >= 15 is 0 Å². The minimum Gasteiger partial charge on any atom is -0.391 e. The van der Waals surface area contributed by atoms with Gasteiger partial charge in [-0.25, -0.2) is 9.97 Å². The molecule has 0 unspecified atom stereocenters. The lowest BCUT2D eigenvalue weighted by Crippen LogP contribution is -2.54. The number of aromatic nitrogens is 2. The van der Waals surface area contributed by atoms with Gasteiger partial charge in [0.15, 0.2) is 5.16 Å². The summed E-state index contributed by atoms with van der Waals surface area (Å²) in [6.07, 6.45) is 8.25. The molecule has 6 heteroatoms. The van der Waals surface area contributed by atoms with Crippen molar-refractivity contribution in [1.29, 1.82) is 0 Å². The topological polar surface area (TPSA) is 52.5 Å². The number of aliphatic hydroxyl groups excluding tert-OH is 1. The molecule has 0 amide bonds. The number of rotatable bonds is 3. The van der Waals surface area contributed by atoms with E-state index in [2.05, 4.69) is 19.8 Å². The van der Waals surface area contributed by atoms with Gasteiger partial charge in [0, 0.05) is 38.4 Å².